The Bertz CT molecular complexity index is 563. The van der Waals surface area contributed by atoms with E-state index in [2.05, 4.69) is 18.8 Å². The van der Waals surface area contributed by atoms with E-state index >= 15 is 0 Å². The number of terminal acetylenes is 1. The highest BCUT2D eigenvalue weighted by atomic mass is 19.3. The molecule has 3 atom stereocenters. The van der Waals surface area contributed by atoms with E-state index in [1.807, 2.05) is 5.92 Å². The molecule has 0 saturated heterocycles. The first-order valence-electron chi connectivity index (χ1n) is 7.79. The molecule has 128 valence electrons. The maximum Gasteiger partial charge on any atom is 0.278 e. The van der Waals surface area contributed by atoms with Gasteiger partial charge in [0.1, 0.15) is 6.54 Å². The summed E-state index contributed by atoms with van der Waals surface area (Å²) < 4.78 is 40.6. The van der Waals surface area contributed by atoms with E-state index in [1.54, 1.807) is 6.92 Å². The van der Waals surface area contributed by atoms with E-state index in [4.69, 9.17) is 12.2 Å². The zero-order chi connectivity index (χ0) is 17.8. The van der Waals surface area contributed by atoms with Crippen molar-refractivity contribution in [3.63, 3.8) is 0 Å². The van der Waals surface area contributed by atoms with Gasteiger partial charge in [-0.3, -0.25) is 9.79 Å². The number of nitrogens with zero attached hydrogens (tertiary/aromatic N) is 1. The van der Waals surface area contributed by atoms with Crippen molar-refractivity contribution in [3.05, 3.63) is 11.3 Å². The molecule has 0 aliphatic heterocycles. The van der Waals surface area contributed by atoms with Gasteiger partial charge in [0.05, 0.1) is 11.4 Å². The molecule has 0 bridgehead atoms. The Kier molecular flexibility index (Phi) is 6.43. The summed E-state index contributed by atoms with van der Waals surface area (Å²) in [5, 5.41) is 0. The number of allylic oxidation sites excluding steroid dienone is 2. The van der Waals surface area contributed by atoms with Gasteiger partial charge in [-0.2, -0.15) is 0 Å². The van der Waals surface area contributed by atoms with Gasteiger partial charge >= 0.3 is 0 Å². The molecule has 2 saturated carbocycles. The maximum absolute atomic E-state index is 14.9. The van der Waals surface area contributed by atoms with Crippen LogP contribution in [0.15, 0.2) is 16.3 Å². The number of rotatable bonds is 4. The number of carbonyl (C=O) groups is 1. The monoisotopic (exact) mass is 328 g/mol. The van der Waals surface area contributed by atoms with Gasteiger partial charge in [0.25, 0.3) is 6.43 Å². The lowest BCUT2D eigenvalue weighted by Crippen LogP contribution is -2.34. The first-order valence-corrected chi connectivity index (χ1v) is 7.79. The summed E-state index contributed by atoms with van der Waals surface area (Å²) in [5.41, 5.74) is 2.95. The molecule has 2 fully saturated rings. The van der Waals surface area contributed by atoms with E-state index in [-0.39, 0.29) is 29.5 Å². The van der Waals surface area contributed by atoms with Crippen molar-refractivity contribution in [3.8, 4) is 12.3 Å². The van der Waals surface area contributed by atoms with Crippen LogP contribution in [0.25, 0.3) is 0 Å². The summed E-state index contributed by atoms with van der Waals surface area (Å²) in [6, 6.07) is 0. The van der Waals surface area contributed by atoms with Crippen LogP contribution >= 0.6 is 0 Å². The number of carbonyl (C=O) groups excluding carboxylic acids is 1. The number of hydrogen-bond acceptors (Lipinski definition) is 3. The smallest absolute Gasteiger partial charge is 0.278 e. The topological polar surface area (TPSA) is 55.5 Å². The van der Waals surface area contributed by atoms with Crippen LogP contribution in [0, 0.1) is 24.2 Å². The number of Topliss-reactive ketones (excluding diaryl/α,β-unsaturated/α-hetero) is 1. The molecule has 2 aliphatic carbocycles. The fourth-order valence-electron chi connectivity index (χ4n) is 2.91. The third-order valence-corrected chi connectivity index (χ3v) is 4.00. The predicted molar refractivity (Wildman–Crippen MR) is 85.1 cm³/mol. The van der Waals surface area contributed by atoms with E-state index in [1.165, 1.54) is 6.42 Å². The van der Waals surface area contributed by atoms with Crippen molar-refractivity contribution in [2.24, 2.45) is 22.6 Å². The summed E-state index contributed by atoms with van der Waals surface area (Å²) in [6.07, 6.45) is 3.91. The average Bonchev–Trinajstić information content (AvgIpc) is 3.26. The Hall–Kier alpha value is -1.77. The Morgan fingerprint density at radius 1 is 1.48 bits per heavy atom. The molecule has 2 rings (SSSR count). The number of alkyl halides is 3. The van der Waals surface area contributed by atoms with Crippen LogP contribution in [0.2, 0.25) is 0 Å². The minimum atomic E-state index is -2.86. The molecule has 3 unspecified atom stereocenters. The first-order chi connectivity index (χ1) is 10.8. The quantitative estimate of drug-likeness (QED) is 0.636. The third kappa shape index (κ3) is 3.77. The minimum absolute atomic E-state index is 0.0826. The van der Waals surface area contributed by atoms with Gasteiger partial charge in [0.15, 0.2) is 5.67 Å². The van der Waals surface area contributed by atoms with E-state index in [0.29, 0.717) is 6.42 Å². The predicted octanol–water partition coefficient (Wildman–Crippen LogP) is 3.29. The Morgan fingerprint density at radius 3 is 2.48 bits per heavy atom. The largest absolute Gasteiger partial charge is 0.397 e. The third-order valence-electron chi connectivity index (χ3n) is 4.00. The number of ketones is 1. The van der Waals surface area contributed by atoms with Gasteiger partial charge in [0.2, 0.25) is 5.78 Å². The summed E-state index contributed by atoms with van der Waals surface area (Å²) in [4.78, 5) is 15.0. The lowest BCUT2D eigenvalue weighted by molar-refractivity contribution is -0.112. The zero-order valence-electron chi connectivity index (χ0n) is 13.7. The summed E-state index contributed by atoms with van der Waals surface area (Å²) in [5.74, 6) is 0.568. The van der Waals surface area contributed by atoms with Crippen LogP contribution in [0.4, 0.5) is 13.2 Å². The molecule has 0 amide bonds. The van der Waals surface area contributed by atoms with Gasteiger partial charge in [0, 0.05) is 11.5 Å². The number of nitrogens with two attached hydrogens (primary N) is 1. The highest BCUT2D eigenvalue weighted by Gasteiger charge is 2.65. The van der Waals surface area contributed by atoms with Crippen molar-refractivity contribution in [2.45, 2.75) is 52.1 Å². The van der Waals surface area contributed by atoms with Crippen molar-refractivity contribution in [1.29, 1.82) is 0 Å². The number of halogens is 3. The average molecular weight is 328 g/mol. The van der Waals surface area contributed by atoms with Crippen LogP contribution in [0.3, 0.4) is 0 Å². The molecule has 3 nitrogen and oxygen atoms in total. The van der Waals surface area contributed by atoms with Crippen LogP contribution in [-0.4, -0.2) is 30.1 Å². The lowest BCUT2D eigenvalue weighted by atomic mass is 9.92. The van der Waals surface area contributed by atoms with Crippen LogP contribution in [-0.2, 0) is 4.79 Å². The van der Waals surface area contributed by atoms with Gasteiger partial charge in [-0.25, -0.2) is 13.2 Å². The second-order valence-corrected chi connectivity index (χ2v) is 5.77. The molecule has 0 spiro atoms. The highest BCUT2D eigenvalue weighted by Crippen LogP contribution is 2.62. The fraction of sp³-hybridized carbons (Fsp3) is 0.647. The van der Waals surface area contributed by atoms with E-state index in [0.717, 1.165) is 0 Å². The maximum atomic E-state index is 14.9. The molecule has 0 radical (unpaired) electrons. The summed E-state index contributed by atoms with van der Waals surface area (Å²) in [6.45, 7) is 5.46. The van der Waals surface area contributed by atoms with Gasteiger partial charge < -0.3 is 5.73 Å². The minimum Gasteiger partial charge on any atom is -0.397 e. The molecular weight excluding hydrogens is 305 g/mol. The van der Waals surface area contributed by atoms with E-state index in [9.17, 15) is 18.0 Å². The highest BCUT2D eigenvalue weighted by molar-refractivity contribution is 6.12. The van der Waals surface area contributed by atoms with Crippen LogP contribution < -0.4 is 5.73 Å². The molecule has 0 aromatic carbocycles. The zero-order valence-corrected chi connectivity index (χ0v) is 13.7. The fourth-order valence-corrected chi connectivity index (χ4v) is 2.91. The number of hydrogen-bond donors (Lipinski definition) is 1. The number of aliphatic imine (C=N–C) groups is 1. The van der Waals surface area contributed by atoms with E-state index < -0.39 is 30.1 Å². The van der Waals surface area contributed by atoms with Crippen molar-refractivity contribution in [2.75, 3.05) is 6.54 Å². The Labute approximate surface area is 135 Å². The Morgan fingerprint density at radius 2 is 2.04 bits per heavy atom. The molecule has 0 aromatic rings. The van der Waals surface area contributed by atoms with Gasteiger partial charge in [-0.15, -0.1) is 6.42 Å². The second-order valence-electron chi connectivity index (χ2n) is 5.77. The number of fused-ring (bicyclic) bond motifs is 1. The van der Waals surface area contributed by atoms with Crippen molar-refractivity contribution >= 4 is 11.5 Å². The summed E-state index contributed by atoms with van der Waals surface area (Å²) in [7, 11) is 0. The standard InChI is InChI=1S/C14H15F3N2O.C3H8/c1-3-7(20)6-19-12-10(11(18)13(15)16)8-5-9(8)14(12,17)4-2;1-3-2/h1,8-9,13H,4-6,18H2,2H3;3H2,1-2H3/b11-10-,19-12?;. The second kappa shape index (κ2) is 7.67. The normalized spacial score (nSPS) is 32.0. The molecular formula is C17H23F3N2O. The van der Waals surface area contributed by atoms with Crippen LogP contribution in [0.5, 0.6) is 0 Å². The SMILES string of the molecule is C#CC(=O)CN=C1/C(=C(\N)C(F)F)C2CC2C1(F)CC.CCC. The molecule has 2 aliphatic rings. The van der Waals surface area contributed by atoms with Crippen LogP contribution in [0.1, 0.15) is 40.0 Å². The van der Waals surface area contributed by atoms with Crippen molar-refractivity contribution in [1.82, 2.24) is 0 Å². The van der Waals surface area contributed by atoms with Gasteiger partial charge in [-0.1, -0.05) is 27.2 Å². The molecule has 6 heteroatoms. The molecule has 2 N–H and O–H groups in total. The molecule has 23 heavy (non-hydrogen) atoms. The lowest BCUT2D eigenvalue weighted by Gasteiger charge is -2.22. The molecule has 0 aromatic heterocycles. The molecule has 0 heterocycles. The first kappa shape index (κ1) is 19.3. The van der Waals surface area contributed by atoms with Gasteiger partial charge in [-0.05, 0) is 24.7 Å². The Balaban J connectivity index is 0.000000816. The van der Waals surface area contributed by atoms with Crippen molar-refractivity contribution < 1.29 is 18.0 Å². The summed E-state index contributed by atoms with van der Waals surface area (Å²) >= 11 is 0.